The predicted molar refractivity (Wildman–Crippen MR) is 134 cm³/mol. The number of hydrogen-bond acceptors (Lipinski definition) is 4. The molecule has 3 aromatic rings. The third-order valence-corrected chi connectivity index (χ3v) is 5.96. The molecular weight excluding hydrogens is 431 g/mol. The van der Waals surface area contributed by atoms with Crippen molar-refractivity contribution in [2.45, 2.75) is 5.92 Å². The first-order chi connectivity index (χ1) is 16.4. The zero-order valence-electron chi connectivity index (χ0n) is 18.9. The Morgan fingerprint density at radius 3 is 2.38 bits per heavy atom. The van der Waals surface area contributed by atoms with E-state index in [-0.39, 0.29) is 29.5 Å². The van der Waals surface area contributed by atoms with E-state index in [2.05, 4.69) is 15.5 Å². The molecule has 2 atom stereocenters. The fraction of sp³-hybridized carbons (Fsp3) is 0.185. The monoisotopic (exact) mass is 458 g/mol. The van der Waals surface area contributed by atoms with Crippen molar-refractivity contribution < 1.29 is 14.0 Å². The molecule has 2 amide bonds. The van der Waals surface area contributed by atoms with Gasteiger partial charge in [0.15, 0.2) is 0 Å². The van der Waals surface area contributed by atoms with Crippen molar-refractivity contribution in [2.24, 2.45) is 5.92 Å². The molecule has 1 saturated heterocycles. The molecule has 0 spiro atoms. The lowest BCUT2D eigenvalue weighted by Crippen LogP contribution is -2.28. The molecule has 1 heterocycles. The zero-order chi connectivity index (χ0) is 24.1. The summed E-state index contributed by atoms with van der Waals surface area (Å²) in [6.45, 7) is 1.40. The summed E-state index contributed by atoms with van der Waals surface area (Å²) in [5, 5.41) is 5.66. The van der Waals surface area contributed by atoms with Gasteiger partial charge in [0.05, 0.1) is 17.3 Å². The van der Waals surface area contributed by atoms with Gasteiger partial charge in [-0.05, 0) is 60.6 Å². The third-order valence-electron chi connectivity index (χ3n) is 5.96. The molecule has 0 bridgehead atoms. The fourth-order valence-electron chi connectivity index (χ4n) is 4.18. The Bertz CT molecular complexity index is 1190. The maximum Gasteiger partial charge on any atom is 0.248 e. The number of nitrogens with zero attached hydrogens (tertiary/aromatic N) is 1. The quantitative estimate of drug-likeness (QED) is 0.379. The van der Waals surface area contributed by atoms with E-state index in [0.29, 0.717) is 23.6 Å². The van der Waals surface area contributed by atoms with Crippen LogP contribution in [0.3, 0.4) is 0 Å². The molecule has 4 rings (SSSR count). The molecule has 1 unspecified atom stereocenters. The van der Waals surface area contributed by atoms with Gasteiger partial charge in [-0.15, -0.1) is 0 Å². The average Bonchev–Trinajstić information content (AvgIpc) is 3.23. The smallest absolute Gasteiger partial charge is 0.248 e. The molecule has 7 heteroatoms. The van der Waals surface area contributed by atoms with Crippen LogP contribution in [0.15, 0.2) is 78.9 Å². The normalized spacial score (nSPS) is 18.2. The van der Waals surface area contributed by atoms with E-state index in [1.807, 2.05) is 43.4 Å². The van der Waals surface area contributed by atoms with Gasteiger partial charge in [0.1, 0.15) is 5.82 Å². The first-order valence-electron chi connectivity index (χ1n) is 11.1. The molecule has 0 radical (unpaired) electrons. The largest absolute Gasteiger partial charge is 0.397 e. The van der Waals surface area contributed by atoms with Crippen molar-refractivity contribution >= 4 is 35.0 Å². The number of carbonyl (C=O) groups is 2. The average molecular weight is 459 g/mol. The molecule has 174 valence electrons. The van der Waals surface area contributed by atoms with E-state index < -0.39 is 0 Å². The first kappa shape index (κ1) is 23.2. The molecule has 34 heavy (non-hydrogen) atoms. The molecule has 3 aromatic carbocycles. The molecule has 4 N–H and O–H groups in total. The summed E-state index contributed by atoms with van der Waals surface area (Å²) in [5.41, 5.74) is 9.45. The number of amides is 2. The number of benzene rings is 3. The Morgan fingerprint density at radius 2 is 1.68 bits per heavy atom. The Kier molecular flexibility index (Phi) is 7.04. The van der Waals surface area contributed by atoms with Crippen LogP contribution in [0.25, 0.3) is 6.08 Å². The van der Waals surface area contributed by atoms with Gasteiger partial charge >= 0.3 is 0 Å². The molecule has 6 nitrogen and oxygen atoms in total. The molecular formula is C27H27FN4O2. The number of nitrogen functional groups attached to an aromatic ring is 1. The van der Waals surface area contributed by atoms with Crippen LogP contribution in [0.4, 0.5) is 21.5 Å². The molecule has 1 fully saturated rings. The number of likely N-dealkylation sites (tertiary alicyclic amines) is 1. The number of halogens is 1. The van der Waals surface area contributed by atoms with Crippen LogP contribution in [-0.4, -0.2) is 36.9 Å². The van der Waals surface area contributed by atoms with Gasteiger partial charge in [-0.1, -0.05) is 36.4 Å². The highest BCUT2D eigenvalue weighted by molar-refractivity contribution is 6.03. The van der Waals surface area contributed by atoms with Crippen molar-refractivity contribution in [2.75, 3.05) is 36.5 Å². The summed E-state index contributed by atoms with van der Waals surface area (Å²) >= 11 is 0. The van der Waals surface area contributed by atoms with Crippen molar-refractivity contribution in [3.63, 3.8) is 0 Å². The van der Waals surface area contributed by atoms with Crippen LogP contribution in [0.1, 0.15) is 17.0 Å². The highest BCUT2D eigenvalue weighted by atomic mass is 19.1. The number of anilines is 3. The van der Waals surface area contributed by atoms with Crippen LogP contribution in [0.2, 0.25) is 0 Å². The van der Waals surface area contributed by atoms with Crippen molar-refractivity contribution in [3.8, 4) is 0 Å². The first-order valence-corrected chi connectivity index (χ1v) is 11.1. The van der Waals surface area contributed by atoms with E-state index in [1.54, 1.807) is 30.3 Å². The van der Waals surface area contributed by atoms with E-state index >= 15 is 0 Å². The van der Waals surface area contributed by atoms with E-state index in [0.717, 1.165) is 17.7 Å². The second-order valence-corrected chi connectivity index (χ2v) is 8.51. The van der Waals surface area contributed by atoms with Gasteiger partial charge in [0.2, 0.25) is 11.8 Å². The molecule has 1 aliphatic heterocycles. The Balaban J connectivity index is 1.40. The van der Waals surface area contributed by atoms with Gasteiger partial charge in [0, 0.05) is 30.8 Å². The van der Waals surface area contributed by atoms with E-state index in [1.165, 1.54) is 18.2 Å². The van der Waals surface area contributed by atoms with Crippen LogP contribution in [-0.2, 0) is 9.59 Å². The summed E-state index contributed by atoms with van der Waals surface area (Å²) in [4.78, 5) is 27.3. The topological polar surface area (TPSA) is 87.5 Å². The summed E-state index contributed by atoms with van der Waals surface area (Å²) in [7, 11) is 1.99. The zero-order valence-corrected chi connectivity index (χ0v) is 18.9. The summed E-state index contributed by atoms with van der Waals surface area (Å²) < 4.78 is 13.2. The summed E-state index contributed by atoms with van der Waals surface area (Å²) in [6.07, 6.45) is 3.20. The maximum atomic E-state index is 13.2. The van der Waals surface area contributed by atoms with Gasteiger partial charge in [-0.2, -0.15) is 0 Å². The minimum atomic E-state index is -0.340. The van der Waals surface area contributed by atoms with Crippen LogP contribution in [0, 0.1) is 11.7 Å². The van der Waals surface area contributed by atoms with Gasteiger partial charge in [0.25, 0.3) is 0 Å². The SMILES string of the molecule is CN1CC(C(=O)Nc2ccc(F)cc2)[C@@H](c2ccc(/C=C/C(=O)Nc3ccccc3N)cc2)C1. The Morgan fingerprint density at radius 1 is 0.971 bits per heavy atom. The molecule has 0 aliphatic carbocycles. The van der Waals surface area contributed by atoms with Crippen molar-refractivity contribution in [3.05, 3.63) is 95.8 Å². The minimum Gasteiger partial charge on any atom is -0.397 e. The third kappa shape index (κ3) is 5.68. The van der Waals surface area contributed by atoms with Crippen LogP contribution < -0.4 is 16.4 Å². The summed E-state index contributed by atoms with van der Waals surface area (Å²) in [5.74, 6) is -0.877. The number of nitrogens with two attached hydrogens (primary N) is 1. The number of carbonyl (C=O) groups excluding carboxylic acids is 2. The number of nitrogens with one attached hydrogen (secondary N) is 2. The number of para-hydroxylation sites is 2. The van der Waals surface area contributed by atoms with Gasteiger partial charge < -0.3 is 21.3 Å². The van der Waals surface area contributed by atoms with Gasteiger partial charge in [-0.25, -0.2) is 4.39 Å². The highest BCUT2D eigenvalue weighted by Gasteiger charge is 2.37. The number of hydrogen-bond donors (Lipinski definition) is 3. The van der Waals surface area contributed by atoms with E-state index in [9.17, 15) is 14.0 Å². The minimum absolute atomic E-state index is 0.0350. The standard InChI is InChI=1S/C27H27FN4O2/c1-32-16-22(23(17-32)27(34)30-21-13-11-20(28)12-14-21)19-9-6-18(7-10-19)8-15-26(33)31-25-5-3-2-4-24(25)29/h2-15,22-23H,16-17,29H2,1H3,(H,30,34)(H,31,33)/b15-8+/t22-,23?/m1/s1. The van der Waals surface area contributed by atoms with E-state index in [4.69, 9.17) is 5.73 Å². The maximum absolute atomic E-state index is 13.2. The van der Waals surface area contributed by atoms with Crippen LogP contribution in [0.5, 0.6) is 0 Å². The second-order valence-electron chi connectivity index (χ2n) is 8.51. The lowest BCUT2D eigenvalue weighted by Gasteiger charge is -2.19. The lowest BCUT2D eigenvalue weighted by molar-refractivity contribution is -0.119. The number of rotatable bonds is 6. The predicted octanol–water partition coefficient (Wildman–Crippen LogP) is 4.34. The molecule has 0 aromatic heterocycles. The summed E-state index contributed by atoms with van der Waals surface area (Å²) in [6, 6.07) is 20.7. The fourth-order valence-corrected chi connectivity index (χ4v) is 4.18. The Hall–Kier alpha value is -3.97. The van der Waals surface area contributed by atoms with Crippen molar-refractivity contribution in [1.82, 2.24) is 4.90 Å². The van der Waals surface area contributed by atoms with Gasteiger partial charge in [-0.3, -0.25) is 9.59 Å². The number of likely N-dealkylation sites (N-methyl/N-ethyl adjacent to an activating group) is 1. The molecule has 0 saturated carbocycles. The van der Waals surface area contributed by atoms with Crippen molar-refractivity contribution in [1.29, 1.82) is 0 Å². The molecule has 1 aliphatic rings. The highest BCUT2D eigenvalue weighted by Crippen LogP contribution is 2.33. The Labute approximate surface area is 198 Å². The van der Waals surface area contributed by atoms with Crippen LogP contribution >= 0.6 is 0 Å². The lowest BCUT2D eigenvalue weighted by atomic mass is 9.88. The second kappa shape index (κ2) is 10.3.